The second kappa shape index (κ2) is 5.36. The second-order valence-electron chi connectivity index (χ2n) is 5.01. The summed E-state index contributed by atoms with van der Waals surface area (Å²) >= 11 is 6.19. The molecule has 106 valence electrons. The number of hydrogen-bond donors (Lipinski definition) is 1. The van der Waals surface area contributed by atoms with Crippen molar-refractivity contribution in [3.8, 4) is 0 Å². The Hall–Kier alpha value is -1.69. The van der Waals surface area contributed by atoms with Crippen LogP contribution in [0.4, 0.5) is 5.82 Å². The Morgan fingerprint density at radius 3 is 2.90 bits per heavy atom. The minimum atomic E-state index is 0.480. The highest BCUT2D eigenvalue weighted by atomic mass is 35.5. The van der Waals surface area contributed by atoms with Gasteiger partial charge in [-0.3, -0.25) is 0 Å². The first kappa shape index (κ1) is 13.3. The monoisotopic (exact) mass is 292 g/mol. The molecule has 7 heteroatoms. The van der Waals surface area contributed by atoms with Crippen LogP contribution in [-0.4, -0.2) is 24.7 Å². The largest absolute Gasteiger partial charge is 0.362 e. The Labute approximate surface area is 122 Å². The summed E-state index contributed by atoms with van der Waals surface area (Å²) in [6, 6.07) is 0. The summed E-state index contributed by atoms with van der Waals surface area (Å²) in [6.07, 6.45) is 4.04. The van der Waals surface area contributed by atoms with Crippen LogP contribution in [0, 0.1) is 6.92 Å². The van der Waals surface area contributed by atoms with Crippen LogP contribution < -0.4 is 5.32 Å². The van der Waals surface area contributed by atoms with Gasteiger partial charge in [-0.15, -0.1) is 10.2 Å². The molecule has 0 saturated heterocycles. The molecule has 0 radical (unpaired) electrons. The third-order valence-corrected chi connectivity index (χ3v) is 3.86. The van der Waals surface area contributed by atoms with E-state index in [9.17, 15) is 0 Å². The molecule has 0 unspecified atom stereocenters. The van der Waals surface area contributed by atoms with Crippen LogP contribution >= 0.6 is 11.6 Å². The molecule has 6 nitrogen and oxygen atoms in total. The fourth-order valence-corrected chi connectivity index (χ4v) is 2.22. The van der Waals surface area contributed by atoms with E-state index in [2.05, 4.69) is 32.4 Å². The van der Waals surface area contributed by atoms with Gasteiger partial charge in [0.2, 0.25) is 0 Å². The lowest BCUT2D eigenvalue weighted by atomic mass is 10.3. The van der Waals surface area contributed by atoms with Gasteiger partial charge in [0.15, 0.2) is 5.82 Å². The van der Waals surface area contributed by atoms with Crippen LogP contribution in [0.2, 0.25) is 5.15 Å². The van der Waals surface area contributed by atoms with Gasteiger partial charge < -0.3 is 9.88 Å². The van der Waals surface area contributed by atoms with Crippen LogP contribution in [0.1, 0.15) is 42.9 Å². The predicted molar refractivity (Wildman–Crippen MR) is 76.8 cm³/mol. The first-order chi connectivity index (χ1) is 9.69. The average molecular weight is 293 g/mol. The maximum absolute atomic E-state index is 6.19. The molecular formula is C13H17ClN6. The minimum absolute atomic E-state index is 0.480. The number of aryl methyl sites for hydroxylation is 1. The number of hydrogen-bond acceptors (Lipinski definition) is 5. The lowest BCUT2D eigenvalue weighted by Gasteiger charge is -2.11. The van der Waals surface area contributed by atoms with E-state index in [1.54, 1.807) is 6.33 Å². The van der Waals surface area contributed by atoms with Crippen molar-refractivity contribution in [3.63, 3.8) is 0 Å². The molecule has 20 heavy (non-hydrogen) atoms. The molecule has 0 aromatic carbocycles. The topological polar surface area (TPSA) is 68.5 Å². The van der Waals surface area contributed by atoms with E-state index in [-0.39, 0.29) is 0 Å². The molecule has 1 saturated carbocycles. The Morgan fingerprint density at radius 1 is 1.40 bits per heavy atom. The van der Waals surface area contributed by atoms with Gasteiger partial charge in [0.1, 0.15) is 23.1 Å². The van der Waals surface area contributed by atoms with Crippen molar-refractivity contribution in [1.82, 2.24) is 24.7 Å². The first-order valence-corrected chi connectivity index (χ1v) is 7.21. The van der Waals surface area contributed by atoms with Gasteiger partial charge in [-0.1, -0.05) is 11.6 Å². The molecular weight excluding hydrogens is 276 g/mol. The van der Waals surface area contributed by atoms with Gasteiger partial charge in [-0.05, 0) is 26.7 Å². The maximum Gasteiger partial charge on any atom is 0.152 e. The Bertz CT molecular complexity index is 619. The molecule has 0 amide bonds. The second-order valence-corrected chi connectivity index (χ2v) is 5.37. The smallest absolute Gasteiger partial charge is 0.152 e. The van der Waals surface area contributed by atoms with Gasteiger partial charge in [-0.2, -0.15) is 0 Å². The zero-order valence-electron chi connectivity index (χ0n) is 11.6. The van der Waals surface area contributed by atoms with Crippen LogP contribution in [0.5, 0.6) is 0 Å². The summed E-state index contributed by atoms with van der Waals surface area (Å²) in [5.74, 6) is 3.00. The lowest BCUT2D eigenvalue weighted by Crippen LogP contribution is -2.11. The normalized spacial score (nSPS) is 14.6. The highest BCUT2D eigenvalue weighted by molar-refractivity contribution is 6.30. The molecule has 1 aliphatic rings. The minimum Gasteiger partial charge on any atom is -0.362 e. The fourth-order valence-electron chi connectivity index (χ4n) is 2.04. The Balaban J connectivity index is 1.79. The number of rotatable bonds is 5. The lowest BCUT2D eigenvalue weighted by molar-refractivity contribution is 0.706. The van der Waals surface area contributed by atoms with E-state index in [0.29, 0.717) is 17.6 Å². The van der Waals surface area contributed by atoms with Crippen molar-refractivity contribution in [2.24, 2.45) is 0 Å². The number of anilines is 1. The van der Waals surface area contributed by atoms with Crippen LogP contribution in [0.15, 0.2) is 6.33 Å². The van der Waals surface area contributed by atoms with E-state index < -0.39 is 0 Å². The van der Waals surface area contributed by atoms with Crippen molar-refractivity contribution in [2.45, 2.75) is 45.7 Å². The molecule has 1 aliphatic carbocycles. The molecule has 2 aromatic heterocycles. The van der Waals surface area contributed by atoms with Gasteiger partial charge in [0.05, 0.1) is 6.54 Å². The van der Waals surface area contributed by atoms with Crippen LogP contribution in [-0.2, 0) is 13.1 Å². The molecule has 1 fully saturated rings. The Kier molecular flexibility index (Phi) is 3.56. The first-order valence-electron chi connectivity index (χ1n) is 6.83. The van der Waals surface area contributed by atoms with Crippen LogP contribution in [0.25, 0.3) is 0 Å². The summed E-state index contributed by atoms with van der Waals surface area (Å²) in [5.41, 5.74) is 0.874. The third kappa shape index (κ3) is 2.60. The van der Waals surface area contributed by atoms with E-state index >= 15 is 0 Å². The molecule has 0 bridgehead atoms. The van der Waals surface area contributed by atoms with Crippen molar-refractivity contribution < 1.29 is 0 Å². The Morgan fingerprint density at radius 2 is 2.20 bits per heavy atom. The van der Waals surface area contributed by atoms with Gasteiger partial charge in [0.25, 0.3) is 0 Å². The van der Waals surface area contributed by atoms with Crippen molar-refractivity contribution >= 4 is 17.4 Å². The van der Waals surface area contributed by atoms with Crippen molar-refractivity contribution in [3.05, 3.63) is 28.7 Å². The van der Waals surface area contributed by atoms with Crippen molar-refractivity contribution in [2.75, 3.05) is 5.32 Å². The predicted octanol–water partition coefficient (Wildman–Crippen LogP) is 2.54. The van der Waals surface area contributed by atoms with Gasteiger partial charge in [0, 0.05) is 18.0 Å². The molecule has 1 N–H and O–H groups in total. The summed E-state index contributed by atoms with van der Waals surface area (Å²) in [7, 11) is 0. The number of aromatic nitrogens is 5. The maximum atomic E-state index is 6.19. The van der Waals surface area contributed by atoms with E-state index in [1.807, 2.05) is 11.5 Å². The molecule has 0 aliphatic heterocycles. The van der Waals surface area contributed by atoms with Gasteiger partial charge in [-0.25, -0.2) is 9.97 Å². The number of nitrogens with one attached hydrogen (secondary N) is 1. The number of halogens is 1. The van der Waals surface area contributed by atoms with Crippen molar-refractivity contribution in [1.29, 1.82) is 0 Å². The quantitative estimate of drug-likeness (QED) is 0.858. The van der Waals surface area contributed by atoms with E-state index in [0.717, 1.165) is 42.4 Å². The SMILES string of the molecule is CCn1cnnc1CNc1nc(C2CC2)nc(Cl)c1C. The molecule has 0 spiro atoms. The average Bonchev–Trinajstić information content (AvgIpc) is 3.19. The third-order valence-electron chi connectivity index (χ3n) is 3.50. The van der Waals surface area contributed by atoms with E-state index in [1.165, 1.54) is 0 Å². The zero-order valence-corrected chi connectivity index (χ0v) is 12.4. The highest BCUT2D eigenvalue weighted by Gasteiger charge is 2.28. The molecule has 2 heterocycles. The van der Waals surface area contributed by atoms with Crippen LogP contribution in [0.3, 0.4) is 0 Å². The molecule has 3 rings (SSSR count). The fraction of sp³-hybridized carbons (Fsp3) is 0.538. The standard InChI is InChI=1S/C13H17ClN6/c1-3-20-7-16-19-10(20)6-15-12-8(2)11(14)17-13(18-12)9-4-5-9/h7,9H,3-6H2,1-2H3,(H,15,17,18). The summed E-state index contributed by atoms with van der Waals surface area (Å²) in [4.78, 5) is 8.94. The highest BCUT2D eigenvalue weighted by Crippen LogP contribution is 2.39. The number of nitrogens with zero attached hydrogens (tertiary/aromatic N) is 5. The van der Waals surface area contributed by atoms with E-state index in [4.69, 9.17) is 11.6 Å². The molecule has 2 aromatic rings. The molecule has 0 atom stereocenters. The summed E-state index contributed by atoms with van der Waals surface area (Å²) in [6.45, 7) is 5.41. The summed E-state index contributed by atoms with van der Waals surface area (Å²) in [5, 5.41) is 11.8. The van der Waals surface area contributed by atoms with Gasteiger partial charge >= 0.3 is 0 Å². The zero-order chi connectivity index (χ0) is 14.1. The summed E-state index contributed by atoms with van der Waals surface area (Å²) < 4.78 is 1.99.